The molecule has 2 rings (SSSR count). The van der Waals surface area contributed by atoms with Crippen molar-refractivity contribution in [3.05, 3.63) is 23.8 Å². The summed E-state index contributed by atoms with van der Waals surface area (Å²) in [6.07, 6.45) is 0.179. The average molecular weight is 272 g/mol. The van der Waals surface area contributed by atoms with Gasteiger partial charge in [-0.1, -0.05) is 0 Å². The smallest absolute Gasteiger partial charge is 0.153 e. The van der Waals surface area contributed by atoms with Gasteiger partial charge >= 0.3 is 0 Å². The summed E-state index contributed by atoms with van der Waals surface area (Å²) in [4.78, 5) is 0. The Kier molecular flexibility index (Phi) is 3.25. The molecular weight excluding hydrogens is 256 g/mol. The summed E-state index contributed by atoms with van der Waals surface area (Å²) in [5, 5.41) is 10.5. The van der Waals surface area contributed by atoms with E-state index in [0.29, 0.717) is 17.1 Å². The molecule has 1 aromatic carbocycles. The van der Waals surface area contributed by atoms with Crippen molar-refractivity contribution in [3.8, 4) is 11.5 Å². The maximum atomic E-state index is 11.5. The van der Waals surface area contributed by atoms with Gasteiger partial charge in [0.1, 0.15) is 17.1 Å². The summed E-state index contributed by atoms with van der Waals surface area (Å²) >= 11 is 0. The number of hydrogen-bond donors (Lipinski definition) is 1. The van der Waals surface area contributed by atoms with E-state index in [-0.39, 0.29) is 17.9 Å². The van der Waals surface area contributed by atoms with Gasteiger partial charge in [0, 0.05) is 5.56 Å². The molecule has 0 spiro atoms. The summed E-state index contributed by atoms with van der Waals surface area (Å²) in [5.41, 5.74) is -0.927. The van der Waals surface area contributed by atoms with E-state index in [2.05, 4.69) is 0 Å². The van der Waals surface area contributed by atoms with Crippen LogP contribution in [0, 0.1) is 0 Å². The van der Waals surface area contributed by atoms with Crippen LogP contribution in [0.1, 0.15) is 12.0 Å². The van der Waals surface area contributed by atoms with Crippen LogP contribution in [0.3, 0.4) is 0 Å². The molecule has 1 saturated heterocycles. The second-order valence-corrected chi connectivity index (χ2v) is 6.62. The highest BCUT2D eigenvalue weighted by Crippen LogP contribution is 2.40. The molecule has 0 radical (unpaired) electrons. The lowest BCUT2D eigenvalue weighted by atomic mass is 9.92. The Morgan fingerprint density at radius 3 is 2.50 bits per heavy atom. The third-order valence-corrected chi connectivity index (χ3v) is 4.94. The Balaban J connectivity index is 2.49. The van der Waals surface area contributed by atoms with Crippen LogP contribution in [-0.2, 0) is 15.4 Å². The quantitative estimate of drug-likeness (QED) is 0.877. The predicted molar refractivity (Wildman–Crippen MR) is 66.7 cm³/mol. The second kappa shape index (κ2) is 4.44. The van der Waals surface area contributed by atoms with Crippen molar-refractivity contribution in [2.24, 2.45) is 0 Å². The zero-order valence-electron chi connectivity index (χ0n) is 10.3. The summed E-state index contributed by atoms with van der Waals surface area (Å²) in [5.74, 6) is 0.742. The van der Waals surface area contributed by atoms with Crippen molar-refractivity contribution in [3.63, 3.8) is 0 Å². The summed E-state index contributed by atoms with van der Waals surface area (Å²) in [6.45, 7) is 0. The summed E-state index contributed by atoms with van der Waals surface area (Å²) in [6, 6.07) is 4.99. The van der Waals surface area contributed by atoms with Gasteiger partial charge in [0.25, 0.3) is 0 Å². The maximum absolute atomic E-state index is 11.5. The summed E-state index contributed by atoms with van der Waals surface area (Å²) in [7, 11) is -0.194. The Morgan fingerprint density at radius 1 is 1.28 bits per heavy atom. The van der Waals surface area contributed by atoms with Crippen LogP contribution in [0.25, 0.3) is 0 Å². The fraction of sp³-hybridized carbons (Fsp3) is 0.500. The normalized spacial score (nSPS) is 25.9. The lowest BCUT2D eigenvalue weighted by Crippen LogP contribution is -2.27. The number of rotatable bonds is 3. The molecule has 1 fully saturated rings. The molecule has 1 heterocycles. The Bertz CT molecular complexity index is 552. The van der Waals surface area contributed by atoms with Crippen LogP contribution in [0.15, 0.2) is 18.2 Å². The van der Waals surface area contributed by atoms with Crippen LogP contribution in [-0.4, -0.2) is 39.2 Å². The Hall–Kier alpha value is -1.27. The highest BCUT2D eigenvalue weighted by Gasteiger charge is 2.43. The van der Waals surface area contributed by atoms with Crippen LogP contribution in [0.2, 0.25) is 0 Å². The summed E-state index contributed by atoms with van der Waals surface area (Å²) < 4.78 is 33.4. The van der Waals surface area contributed by atoms with E-state index in [1.165, 1.54) is 14.2 Å². The minimum absolute atomic E-state index is 0.0101. The van der Waals surface area contributed by atoms with E-state index in [1.807, 2.05) is 0 Å². The highest BCUT2D eigenvalue weighted by atomic mass is 32.2. The molecule has 0 bridgehead atoms. The van der Waals surface area contributed by atoms with E-state index in [0.717, 1.165) is 0 Å². The van der Waals surface area contributed by atoms with E-state index in [4.69, 9.17) is 9.47 Å². The third kappa shape index (κ3) is 2.30. The average Bonchev–Trinajstić information content (AvgIpc) is 2.64. The molecule has 1 aromatic rings. The highest BCUT2D eigenvalue weighted by molar-refractivity contribution is 7.91. The molecule has 1 atom stereocenters. The predicted octanol–water partition coefficient (Wildman–Crippen LogP) is 0.710. The third-order valence-electron chi connectivity index (χ3n) is 3.19. The first-order chi connectivity index (χ1) is 8.40. The molecule has 1 aliphatic rings. The topological polar surface area (TPSA) is 72.8 Å². The lowest BCUT2D eigenvalue weighted by molar-refractivity contribution is 0.0623. The molecule has 18 heavy (non-hydrogen) atoms. The SMILES string of the molecule is COc1ccc(OC)c(C2(O)CCS(=O)(=O)C2)c1. The maximum Gasteiger partial charge on any atom is 0.153 e. The molecule has 5 nitrogen and oxygen atoms in total. The molecule has 0 aromatic heterocycles. The van der Waals surface area contributed by atoms with Crippen LogP contribution < -0.4 is 9.47 Å². The van der Waals surface area contributed by atoms with Gasteiger partial charge in [0.2, 0.25) is 0 Å². The number of hydrogen-bond acceptors (Lipinski definition) is 5. The van der Waals surface area contributed by atoms with E-state index >= 15 is 0 Å². The minimum atomic E-state index is -3.19. The van der Waals surface area contributed by atoms with Crippen molar-refractivity contribution < 1.29 is 23.0 Å². The first-order valence-electron chi connectivity index (χ1n) is 5.55. The van der Waals surface area contributed by atoms with Crippen LogP contribution in [0.4, 0.5) is 0 Å². The monoisotopic (exact) mass is 272 g/mol. The molecule has 1 unspecified atom stereocenters. The van der Waals surface area contributed by atoms with Gasteiger partial charge in [-0.25, -0.2) is 8.42 Å². The van der Waals surface area contributed by atoms with Gasteiger partial charge in [0.05, 0.1) is 25.7 Å². The minimum Gasteiger partial charge on any atom is -0.497 e. The number of benzene rings is 1. The first-order valence-corrected chi connectivity index (χ1v) is 7.38. The van der Waals surface area contributed by atoms with Gasteiger partial charge < -0.3 is 14.6 Å². The zero-order chi connectivity index (χ0) is 13.4. The van der Waals surface area contributed by atoms with Crippen molar-refractivity contribution in [1.82, 2.24) is 0 Å². The molecule has 6 heteroatoms. The number of ether oxygens (including phenoxy) is 2. The van der Waals surface area contributed by atoms with Gasteiger partial charge in [-0.15, -0.1) is 0 Å². The largest absolute Gasteiger partial charge is 0.497 e. The molecule has 0 amide bonds. The molecule has 1 aliphatic heterocycles. The zero-order valence-corrected chi connectivity index (χ0v) is 11.2. The lowest BCUT2D eigenvalue weighted by Gasteiger charge is -2.24. The molecule has 1 N–H and O–H groups in total. The fourth-order valence-electron chi connectivity index (χ4n) is 2.22. The standard InChI is InChI=1S/C12H16O5S/c1-16-9-3-4-11(17-2)10(7-9)12(13)5-6-18(14,15)8-12/h3-4,7,13H,5-6,8H2,1-2H3. The molecule has 100 valence electrons. The molecule has 0 saturated carbocycles. The Labute approximate surface area is 106 Å². The Morgan fingerprint density at radius 2 is 2.00 bits per heavy atom. The van der Waals surface area contributed by atoms with Crippen molar-refractivity contribution >= 4 is 9.84 Å². The van der Waals surface area contributed by atoms with Crippen molar-refractivity contribution in [2.45, 2.75) is 12.0 Å². The van der Waals surface area contributed by atoms with Crippen molar-refractivity contribution in [2.75, 3.05) is 25.7 Å². The number of sulfone groups is 1. The number of aliphatic hydroxyl groups is 1. The van der Waals surface area contributed by atoms with Gasteiger partial charge in [-0.05, 0) is 24.6 Å². The molecular formula is C12H16O5S. The molecule has 0 aliphatic carbocycles. The second-order valence-electron chi connectivity index (χ2n) is 4.44. The van der Waals surface area contributed by atoms with Gasteiger partial charge in [-0.3, -0.25) is 0 Å². The van der Waals surface area contributed by atoms with Gasteiger partial charge in [-0.2, -0.15) is 0 Å². The number of methoxy groups -OCH3 is 2. The fourth-order valence-corrected chi connectivity index (χ4v) is 4.04. The van der Waals surface area contributed by atoms with Gasteiger partial charge in [0.15, 0.2) is 9.84 Å². The first kappa shape index (κ1) is 13.2. The van der Waals surface area contributed by atoms with E-state index in [1.54, 1.807) is 18.2 Å². The van der Waals surface area contributed by atoms with Crippen LogP contribution >= 0.6 is 0 Å². The van der Waals surface area contributed by atoms with Crippen molar-refractivity contribution in [1.29, 1.82) is 0 Å². The van der Waals surface area contributed by atoms with E-state index in [9.17, 15) is 13.5 Å². The van der Waals surface area contributed by atoms with Crippen LogP contribution in [0.5, 0.6) is 11.5 Å². The van der Waals surface area contributed by atoms with E-state index < -0.39 is 15.4 Å².